The lowest BCUT2D eigenvalue weighted by molar-refractivity contribution is -0.148. The standard InChI is InChI=1S/C26H25NO5/c1-19(27-25(28)17-14-20-12-15-22(30-2)16-13-20)26(29)31-18-21-8-6-7-11-24(21)32-23-9-4-3-5-10-23/h3-17,19H,18H2,1-2H3,(H,27,28)/b17-14+/t19-/m0/s1. The fraction of sp³-hybridized carbons (Fsp3) is 0.154. The Morgan fingerprint density at radius 3 is 2.31 bits per heavy atom. The number of hydrogen-bond acceptors (Lipinski definition) is 5. The predicted molar refractivity (Wildman–Crippen MR) is 122 cm³/mol. The first-order valence-corrected chi connectivity index (χ1v) is 10.2. The van der Waals surface area contributed by atoms with E-state index in [-0.39, 0.29) is 6.61 Å². The number of rotatable bonds is 9. The second kappa shape index (κ2) is 11.4. The van der Waals surface area contributed by atoms with Gasteiger partial charge in [0.25, 0.3) is 0 Å². The molecule has 164 valence electrons. The van der Waals surface area contributed by atoms with Gasteiger partial charge in [0.1, 0.15) is 29.9 Å². The number of nitrogens with one attached hydrogen (secondary N) is 1. The maximum Gasteiger partial charge on any atom is 0.328 e. The lowest BCUT2D eigenvalue weighted by Gasteiger charge is -2.14. The number of ether oxygens (including phenoxy) is 3. The zero-order valence-electron chi connectivity index (χ0n) is 18.0. The summed E-state index contributed by atoms with van der Waals surface area (Å²) in [4.78, 5) is 24.5. The molecule has 6 heteroatoms. The van der Waals surface area contributed by atoms with Gasteiger partial charge in [-0.1, -0.05) is 48.5 Å². The van der Waals surface area contributed by atoms with E-state index in [1.165, 1.54) is 6.08 Å². The number of benzene rings is 3. The van der Waals surface area contributed by atoms with Crippen molar-refractivity contribution in [1.29, 1.82) is 0 Å². The van der Waals surface area contributed by atoms with Crippen LogP contribution in [-0.2, 0) is 20.9 Å². The van der Waals surface area contributed by atoms with Crippen LogP contribution in [0.25, 0.3) is 6.08 Å². The van der Waals surface area contributed by atoms with Gasteiger partial charge in [0.15, 0.2) is 0 Å². The van der Waals surface area contributed by atoms with E-state index in [9.17, 15) is 9.59 Å². The van der Waals surface area contributed by atoms with Gasteiger partial charge in [-0.15, -0.1) is 0 Å². The molecule has 1 atom stereocenters. The lowest BCUT2D eigenvalue weighted by atomic mass is 10.2. The third kappa shape index (κ3) is 6.74. The molecule has 0 radical (unpaired) electrons. The molecule has 0 aliphatic carbocycles. The molecular weight excluding hydrogens is 406 g/mol. The molecule has 0 aliphatic rings. The Morgan fingerprint density at radius 2 is 1.59 bits per heavy atom. The van der Waals surface area contributed by atoms with Gasteiger partial charge in [-0.2, -0.15) is 0 Å². The predicted octanol–water partition coefficient (Wildman–Crippen LogP) is 4.75. The van der Waals surface area contributed by atoms with E-state index in [1.54, 1.807) is 32.2 Å². The molecule has 0 fully saturated rings. The minimum absolute atomic E-state index is 0.0315. The van der Waals surface area contributed by atoms with Crippen molar-refractivity contribution >= 4 is 18.0 Å². The Bertz CT molecular complexity index is 1060. The van der Waals surface area contributed by atoms with Crippen LogP contribution < -0.4 is 14.8 Å². The molecule has 32 heavy (non-hydrogen) atoms. The number of esters is 1. The third-order valence-electron chi connectivity index (χ3n) is 4.57. The second-order valence-electron chi connectivity index (χ2n) is 6.97. The van der Waals surface area contributed by atoms with Crippen molar-refractivity contribution in [2.24, 2.45) is 0 Å². The molecule has 0 unspecified atom stereocenters. The fourth-order valence-corrected chi connectivity index (χ4v) is 2.82. The topological polar surface area (TPSA) is 73.9 Å². The van der Waals surface area contributed by atoms with Crippen LogP contribution in [0.2, 0.25) is 0 Å². The zero-order chi connectivity index (χ0) is 22.8. The minimum Gasteiger partial charge on any atom is -0.497 e. The Kier molecular flexibility index (Phi) is 8.03. The number of amides is 1. The Morgan fingerprint density at radius 1 is 0.906 bits per heavy atom. The van der Waals surface area contributed by atoms with Crippen molar-refractivity contribution in [2.45, 2.75) is 19.6 Å². The van der Waals surface area contributed by atoms with Crippen LogP contribution in [0.15, 0.2) is 84.9 Å². The van der Waals surface area contributed by atoms with Crippen LogP contribution in [0, 0.1) is 0 Å². The van der Waals surface area contributed by atoms with Gasteiger partial charge in [-0.05, 0) is 48.9 Å². The highest BCUT2D eigenvalue weighted by molar-refractivity contribution is 5.94. The lowest BCUT2D eigenvalue weighted by Crippen LogP contribution is -2.38. The summed E-state index contributed by atoms with van der Waals surface area (Å²) in [5, 5.41) is 2.61. The Hall–Kier alpha value is -4.06. The van der Waals surface area contributed by atoms with E-state index in [0.717, 1.165) is 16.9 Å². The SMILES string of the molecule is COc1ccc(/C=C/C(=O)N[C@@H](C)C(=O)OCc2ccccc2Oc2ccccc2)cc1. The van der Waals surface area contributed by atoms with Gasteiger partial charge in [0.05, 0.1) is 7.11 Å². The van der Waals surface area contributed by atoms with Crippen LogP contribution in [0.3, 0.4) is 0 Å². The molecule has 1 N–H and O–H groups in total. The molecule has 0 heterocycles. The van der Waals surface area contributed by atoms with E-state index in [0.29, 0.717) is 11.5 Å². The summed E-state index contributed by atoms with van der Waals surface area (Å²) < 4.78 is 16.4. The molecule has 6 nitrogen and oxygen atoms in total. The molecule has 0 bridgehead atoms. The summed E-state index contributed by atoms with van der Waals surface area (Å²) in [5.74, 6) is 1.10. The van der Waals surface area contributed by atoms with Crippen molar-refractivity contribution in [1.82, 2.24) is 5.32 Å². The molecule has 0 saturated carbocycles. The highest BCUT2D eigenvalue weighted by atomic mass is 16.5. The van der Waals surface area contributed by atoms with Crippen LogP contribution >= 0.6 is 0 Å². The van der Waals surface area contributed by atoms with E-state index < -0.39 is 17.9 Å². The average molecular weight is 431 g/mol. The number of carbonyl (C=O) groups excluding carboxylic acids is 2. The highest BCUT2D eigenvalue weighted by Gasteiger charge is 2.17. The fourth-order valence-electron chi connectivity index (χ4n) is 2.82. The van der Waals surface area contributed by atoms with E-state index in [2.05, 4.69) is 5.32 Å². The molecule has 3 aromatic rings. The van der Waals surface area contributed by atoms with E-state index in [1.807, 2.05) is 66.7 Å². The number of carbonyl (C=O) groups is 2. The summed E-state index contributed by atoms with van der Waals surface area (Å²) in [5.41, 5.74) is 1.56. The van der Waals surface area contributed by atoms with Crippen LogP contribution in [0.5, 0.6) is 17.2 Å². The van der Waals surface area contributed by atoms with Crippen molar-refractivity contribution in [2.75, 3.05) is 7.11 Å². The maximum absolute atomic E-state index is 12.4. The first-order valence-electron chi connectivity index (χ1n) is 10.2. The number of para-hydroxylation sites is 2. The van der Waals surface area contributed by atoms with Gasteiger partial charge in [0.2, 0.25) is 5.91 Å². The molecule has 0 saturated heterocycles. The largest absolute Gasteiger partial charge is 0.497 e. The van der Waals surface area contributed by atoms with Gasteiger partial charge >= 0.3 is 5.97 Å². The molecule has 0 aromatic heterocycles. The molecule has 0 aliphatic heterocycles. The first-order chi connectivity index (χ1) is 15.5. The normalized spacial score (nSPS) is 11.6. The summed E-state index contributed by atoms with van der Waals surface area (Å²) in [7, 11) is 1.59. The second-order valence-corrected chi connectivity index (χ2v) is 6.97. The summed E-state index contributed by atoms with van der Waals surface area (Å²) in [6.07, 6.45) is 3.03. The monoisotopic (exact) mass is 431 g/mol. The smallest absolute Gasteiger partial charge is 0.328 e. The number of methoxy groups -OCH3 is 1. The van der Waals surface area contributed by atoms with Gasteiger partial charge < -0.3 is 19.5 Å². The molecular formula is C26H25NO5. The van der Waals surface area contributed by atoms with E-state index in [4.69, 9.17) is 14.2 Å². The third-order valence-corrected chi connectivity index (χ3v) is 4.57. The zero-order valence-corrected chi connectivity index (χ0v) is 18.0. The van der Waals surface area contributed by atoms with Crippen molar-refractivity contribution in [3.05, 3.63) is 96.1 Å². The Balaban J connectivity index is 1.51. The quantitative estimate of drug-likeness (QED) is 0.391. The van der Waals surface area contributed by atoms with Crippen molar-refractivity contribution in [3.8, 4) is 17.2 Å². The van der Waals surface area contributed by atoms with Crippen LogP contribution in [0.1, 0.15) is 18.1 Å². The van der Waals surface area contributed by atoms with Gasteiger partial charge in [0, 0.05) is 11.6 Å². The summed E-state index contributed by atoms with van der Waals surface area (Å²) >= 11 is 0. The van der Waals surface area contributed by atoms with Crippen molar-refractivity contribution in [3.63, 3.8) is 0 Å². The highest BCUT2D eigenvalue weighted by Crippen LogP contribution is 2.25. The summed E-state index contributed by atoms with van der Waals surface area (Å²) in [6, 6.07) is 23.2. The van der Waals surface area contributed by atoms with E-state index >= 15 is 0 Å². The minimum atomic E-state index is -0.801. The number of hydrogen-bond donors (Lipinski definition) is 1. The van der Waals surface area contributed by atoms with Crippen LogP contribution in [-0.4, -0.2) is 25.0 Å². The molecule has 0 spiro atoms. The van der Waals surface area contributed by atoms with Crippen LogP contribution in [0.4, 0.5) is 0 Å². The molecule has 3 rings (SSSR count). The van der Waals surface area contributed by atoms with Gasteiger partial charge in [-0.3, -0.25) is 4.79 Å². The Labute approximate surface area is 187 Å². The molecule has 3 aromatic carbocycles. The van der Waals surface area contributed by atoms with Gasteiger partial charge in [-0.25, -0.2) is 4.79 Å². The summed E-state index contributed by atoms with van der Waals surface area (Å²) in [6.45, 7) is 1.61. The average Bonchev–Trinajstić information content (AvgIpc) is 2.83. The van der Waals surface area contributed by atoms with Crippen molar-refractivity contribution < 1.29 is 23.8 Å². The molecule has 1 amide bonds. The maximum atomic E-state index is 12.4. The first kappa shape index (κ1) is 22.6.